The molecule has 0 aliphatic carbocycles. The Morgan fingerprint density at radius 1 is 1.14 bits per heavy atom. The number of pyridine rings is 1. The first kappa shape index (κ1) is 26.3. The van der Waals surface area contributed by atoms with Crippen molar-refractivity contribution in [2.45, 2.75) is 37.8 Å². The maximum atomic E-state index is 12.9. The lowest BCUT2D eigenvalue weighted by Gasteiger charge is -2.33. The number of aliphatic carboxylic acids is 1. The van der Waals surface area contributed by atoms with E-state index >= 15 is 0 Å². The van der Waals surface area contributed by atoms with E-state index in [0.717, 1.165) is 15.9 Å². The Hall–Kier alpha value is -2.72. The molecule has 36 heavy (non-hydrogen) atoms. The molecule has 4 rings (SSSR count). The third kappa shape index (κ3) is 5.81. The van der Waals surface area contributed by atoms with Gasteiger partial charge in [0.15, 0.2) is 0 Å². The van der Waals surface area contributed by atoms with Crippen molar-refractivity contribution in [2.24, 2.45) is 0 Å². The van der Waals surface area contributed by atoms with Crippen LogP contribution in [0.1, 0.15) is 24.8 Å². The molecule has 1 aromatic heterocycles. The molecule has 11 heteroatoms. The molecule has 1 amide bonds. The first-order chi connectivity index (χ1) is 17.0. The van der Waals surface area contributed by atoms with Crippen LogP contribution in [-0.4, -0.2) is 59.6 Å². The molecule has 1 aliphatic rings. The molecular weight excluding hydrogens is 525 g/mol. The van der Waals surface area contributed by atoms with Crippen LogP contribution >= 0.6 is 23.2 Å². The first-order valence-corrected chi connectivity index (χ1v) is 14.0. The first-order valence-electron chi connectivity index (χ1n) is 11.4. The van der Waals surface area contributed by atoms with Crippen molar-refractivity contribution in [3.63, 3.8) is 0 Å². The van der Waals surface area contributed by atoms with Gasteiger partial charge in [0.2, 0.25) is 15.9 Å². The number of amides is 1. The Kier molecular flexibility index (Phi) is 7.85. The molecule has 1 saturated heterocycles. The number of nitrogens with one attached hydrogen (secondary N) is 1. The zero-order chi connectivity index (χ0) is 26.0. The molecule has 2 N–H and O–H groups in total. The van der Waals surface area contributed by atoms with E-state index in [9.17, 15) is 23.1 Å². The highest BCUT2D eigenvalue weighted by Gasteiger charge is 2.36. The largest absolute Gasteiger partial charge is 0.480 e. The molecule has 0 radical (unpaired) electrons. The van der Waals surface area contributed by atoms with Gasteiger partial charge in [-0.05, 0) is 48.7 Å². The van der Waals surface area contributed by atoms with Gasteiger partial charge in [0.05, 0.1) is 27.5 Å². The number of piperidine rings is 1. The van der Waals surface area contributed by atoms with Gasteiger partial charge in [-0.15, -0.1) is 0 Å². The summed E-state index contributed by atoms with van der Waals surface area (Å²) in [6, 6.07) is 12.1. The van der Waals surface area contributed by atoms with E-state index in [1.54, 1.807) is 36.4 Å². The van der Waals surface area contributed by atoms with Crippen LogP contribution in [0, 0.1) is 0 Å². The van der Waals surface area contributed by atoms with Crippen molar-refractivity contribution in [2.75, 3.05) is 12.8 Å². The number of halogens is 2. The number of aromatic nitrogens is 1. The van der Waals surface area contributed by atoms with Gasteiger partial charge in [-0.2, -0.15) is 4.31 Å². The molecule has 2 atom stereocenters. The second kappa shape index (κ2) is 10.7. The number of carbonyl (C=O) groups excluding carboxylic acids is 1. The molecule has 0 spiro atoms. The molecule has 190 valence electrons. The van der Waals surface area contributed by atoms with Crippen LogP contribution in [0.15, 0.2) is 48.5 Å². The predicted molar refractivity (Wildman–Crippen MR) is 140 cm³/mol. The standard InChI is InChI=1S/C25H25Cl2N3O5S/c1-36(34,35)30-12-3-2-7-22(30)24(31)29-21(25(32)33)14-15-8-10-19-16(13-15)9-11-20(28-19)23-17(26)5-4-6-18(23)27/h4-6,8-11,13,21-22H,2-3,7,12,14H2,1H3,(H,29,31)(H,32,33)/t21-,22-/m0/s1. The summed E-state index contributed by atoms with van der Waals surface area (Å²) >= 11 is 12.6. The highest BCUT2D eigenvalue weighted by Crippen LogP contribution is 2.34. The van der Waals surface area contributed by atoms with Crippen LogP contribution in [0.5, 0.6) is 0 Å². The number of carboxylic acids is 1. The summed E-state index contributed by atoms with van der Waals surface area (Å²) in [5.74, 6) is -1.80. The lowest BCUT2D eigenvalue weighted by atomic mass is 10.0. The van der Waals surface area contributed by atoms with Gasteiger partial charge in [-0.25, -0.2) is 18.2 Å². The lowest BCUT2D eigenvalue weighted by Crippen LogP contribution is -2.55. The van der Waals surface area contributed by atoms with Crippen molar-refractivity contribution < 1.29 is 23.1 Å². The van der Waals surface area contributed by atoms with E-state index in [4.69, 9.17) is 23.2 Å². The van der Waals surface area contributed by atoms with Gasteiger partial charge in [0.1, 0.15) is 12.1 Å². The molecule has 1 fully saturated rings. The van der Waals surface area contributed by atoms with Gasteiger partial charge in [0, 0.05) is 23.9 Å². The van der Waals surface area contributed by atoms with E-state index in [2.05, 4.69) is 10.3 Å². The third-order valence-electron chi connectivity index (χ3n) is 6.21. The average molecular weight is 550 g/mol. The summed E-state index contributed by atoms with van der Waals surface area (Å²) in [6.45, 7) is 0.244. The number of nitrogens with zero attached hydrogens (tertiary/aromatic N) is 2. The minimum Gasteiger partial charge on any atom is -0.480 e. The van der Waals surface area contributed by atoms with Crippen molar-refractivity contribution >= 4 is 56.0 Å². The minimum absolute atomic E-state index is 0.0285. The average Bonchev–Trinajstić information content (AvgIpc) is 2.83. The summed E-state index contributed by atoms with van der Waals surface area (Å²) in [5, 5.41) is 14.0. The maximum absolute atomic E-state index is 12.9. The Labute approximate surface area is 219 Å². The number of sulfonamides is 1. The highest BCUT2D eigenvalue weighted by molar-refractivity contribution is 7.88. The molecule has 0 unspecified atom stereocenters. The minimum atomic E-state index is -3.59. The van der Waals surface area contributed by atoms with Gasteiger partial charge in [0.25, 0.3) is 0 Å². The number of rotatable bonds is 7. The normalized spacial score (nSPS) is 17.6. The van der Waals surface area contributed by atoms with Crippen LogP contribution in [0.4, 0.5) is 0 Å². The lowest BCUT2D eigenvalue weighted by molar-refractivity contribution is -0.142. The summed E-state index contributed by atoms with van der Waals surface area (Å²) < 4.78 is 25.3. The molecule has 0 saturated carbocycles. The third-order valence-corrected chi connectivity index (χ3v) is 8.13. The van der Waals surface area contributed by atoms with Crippen LogP contribution in [0.2, 0.25) is 10.0 Å². The topological polar surface area (TPSA) is 117 Å². The van der Waals surface area contributed by atoms with E-state index in [1.807, 2.05) is 12.1 Å². The second-order valence-corrected chi connectivity index (χ2v) is 11.6. The fourth-order valence-corrected chi connectivity index (χ4v) is 6.17. The van der Waals surface area contributed by atoms with Gasteiger partial charge >= 0.3 is 5.97 Å². The Morgan fingerprint density at radius 3 is 2.53 bits per heavy atom. The number of carbonyl (C=O) groups is 2. The van der Waals surface area contributed by atoms with Crippen LogP contribution in [-0.2, 0) is 26.0 Å². The van der Waals surface area contributed by atoms with Crippen molar-refractivity contribution in [3.05, 3.63) is 64.1 Å². The molecule has 2 aromatic carbocycles. The molecule has 2 heterocycles. The van der Waals surface area contributed by atoms with E-state index in [-0.39, 0.29) is 13.0 Å². The zero-order valence-electron chi connectivity index (χ0n) is 19.4. The second-order valence-electron chi connectivity index (χ2n) is 8.81. The fraction of sp³-hybridized carbons (Fsp3) is 0.320. The van der Waals surface area contributed by atoms with Gasteiger partial charge in [-0.1, -0.05) is 47.8 Å². The smallest absolute Gasteiger partial charge is 0.326 e. The molecular formula is C25H25Cl2N3O5S. The SMILES string of the molecule is CS(=O)(=O)N1CCCC[C@H]1C(=O)N[C@@H](Cc1ccc2nc(-c3c(Cl)cccc3Cl)ccc2c1)C(=O)O. The number of hydrogen-bond acceptors (Lipinski definition) is 5. The van der Waals surface area contributed by atoms with Gasteiger partial charge < -0.3 is 10.4 Å². The van der Waals surface area contributed by atoms with Crippen LogP contribution in [0.3, 0.4) is 0 Å². The van der Waals surface area contributed by atoms with E-state index < -0.39 is 34.0 Å². The Morgan fingerprint density at radius 2 is 1.86 bits per heavy atom. The molecule has 8 nitrogen and oxygen atoms in total. The summed E-state index contributed by atoms with van der Waals surface area (Å²) in [7, 11) is -3.59. The van der Waals surface area contributed by atoms with Crippen molar-refractivity contribution in [1.29, 1.82) is 0 Å². The number of hydrogen-bond donors (Lipinski definition) is 2. The van der Waals surface area contributed by atoms with Crippen molar-refractivity contribution in [3.8, 4) is 11.3 Å². The molecule has 3 aromatic rings. The number of fused-ring (bicyclic) bond motifs is 1. The fourth-order valence-electron chi connectivity index (χ4n) is 4.45. The van der Waals surface area contributed by atoms with Gasteiger partial charge in [-0.3, -0.25) is 4.79 Å². The monoisotopic (exact) mass is 549 g/mol. The highest BCUT2D eigenvalue weighted by atomic mass is 35.5. The van der Waals surface area contributed by atoms with Crippen LogP contribution in [0.25, 0.3) is 22.2 Å². The summed E-state index contributed by atoms with van der Waals surface area (Å²) in [6.07, 6.45) is 2.79. The van der Waals surface area contributed by atoms with Crippen molar-refractivity contribution in [1.82, 2.24) is 14.6 Å². The van der Waals surface area contributed by atoms with E-state index in [1.165, 1.54) is 0 Å². The quantitative estimate of drug-likeness (QED) is 0.457. The Balaban J connectivity index is 1.54. The van der Waals surface area contributed by atoms with Crippen LogP contribution < -0.4 is 5.32 Å². The summed E-state index contributed by atoms with van der Waals surface area (Å²) in [4.78, 5) is 29.5. The molecule has 0 bridgehead atoms. The molecule has 1 aliphatic heterocycles. The van der Waals surface area contributed by atoms with E-state index in [0.29, 0.717) is 51.6 Å². The zero-order valence-corrected chi connectivity index (χ0v) is 21.8. The number of benzene rings is 2. The predicted octanol–water partition coefficient (Wildman–Crippen LogP) is 4.13. The number of carboxylic acid groups (broad SMARTS) is 1. The Bertz CT molecular complexity index is 1410. The summed E-state index contributed by atoms with van der Waals surface area (Å²) in [5.41, 5.74) is 2.61. The maximum Gasteiger partial charge on any atom is 0.326 e.